The van der Waals surface area contributed by atoms with Crippen LogP contribution in [0.25, 0.3) is 11.3 Å². The summed E-state index contributed by atoms with van der Waals surface area (Å²) in [5.74, 6) is 0.182. The van der Waals surface area contributed by atoms with E-state index in [1.165, 1.54) is 13.2 Å². The van der Waals surface area contributed by atoms with Gasteiger partial charge in [-0.05, 0) is 6.07 Å². The van der Waals surface area contributed by atoms with Crippen molar-refractivity contribution in [3.63, 3.8) is 0 Å². The molecule has 0 unspecified atom stereocenters. The molecule has 0 amide bonds. The molecule has 0 aliphatic rings. The van der Waals surface area contributed by atoms with Gasteiger partial charge < -0.3 is 9.30 Å². The number of aromatic nitrogens is 4. The second-order valence-electron chi connectivity index (χ2n) is 4.03. The van der Waals surface area contributed by atoms with Gasteiger partial charge >= 0.3 is 0 Å². The van der Waals surface area contributed by atoms with Crippen LogP contribution in [0.5, 0.6) is 5.75 Å². The van der Waals surface area contributed by atoms with Gasteiger partial charge in [0.2, 0.25) is 0 Å². The van der Waals surface area contributed by atoms with Gasteiger partial charge in [0.1, 0.15) is 11.6 Å². The summed E-state index contributed by atoms with van der Waals surface area (Å²) >= 11 is 0. The molecule has 0 radical (unpaired) electrons. The second-order valence-corrected chi connectivity index (χ2v) is 4.03. The molecule has 0 N–H and O–H groups in total. The smallest absolute Gasteiger partial charge is 0.197 e. The first-order valence-electron chi connectivity index (χ1n) is 5.72. The maximum absolute atomic E-state index is 13.9. The zero-order valence-electron chi connectivity index (χ0n) is 10.2. The molecule has 3 aromatic rings. The molecule has 0 bridgehead atoms. The summed E-state index contributed by atoms with van der Waals surface area (Å²) in [7, 11) is 1.51. The molecule has 0 saturated carbocycles. The first kappa shape index (κ1) is 11.6. The molecular formula is C13H11FN4O. The van der Waals surface area contributed by atoms with Gasteiger partial charge in [0.15, 0.2) is 11.3 Å². The summed E-state index contributed by atoms with van der Waals surface area (Å²) < 4.78 is 20.6. The lowest BCUT2D eigenvalue weighted by Gasteiger charge is -2.06. The van der Waals surface area contributed by atoms with Gasteiger partial charge in [-0.1, -0.05) is 6.07 Å². The van der Waals surface area contributed by atoms with Gasteiger partial charge in [-0.25, -0.2) is 19.3 Å². The Morgan fingerprint density at radius 2 is 2.05 bits per heavy atom. The standard InChI is InChI=1S/C13H11FN4O/c1-19-10-3-2-9(11(14)6-10)7-18-8-17-12-13(18)16-5-4-15-12/h2-6,8H,7H2,1H3. The van der Waals surface area contributed by atoms with E-state index in [0.29, 0.717) is 29.2 Å². The van der Waals surface area contributed by atoms with Crippen LogP contribution >= 0.6 is 0 Å². The Kier molecular flexibility index (Phi) is 2.83. The highest BCUT2D eigenvalue weighted by molar-refractivity contribution is 5.64. The summed E-state index contributed by atoms with van der Waals surface area (Å²) in [5, 5.41) is 0. The van der Waals surface area contributed by atoms with Gasteiger partial charge in [-0.15, -0.1) is 0 Å². The molecule has 0 atom stereocenters. The monoisotopic (exact) mass is 258 g/mol. The number of fused-ring (bicyclic) bond motifs is 1. The van der Waals surface area contributed by atoms with Gasteiger partial charge in [0, 0.05) is 24.0 Å². The van der Waals surface area contributed by atoms with Crippen LogP contribution in [0.1, 0.15) is 5.56 Å². The van der Waals surface area contributed by atoms with E-state index < -0.39 is 0 Å². The topological polar surface area (TPSA) is 52.8 Å². The quantitative estimate of drug-likeness (QED) is 0.721. The number of imidazole rings is 1. The number of hydrogen-bond acceptors (Lipinski definition) is 4. The zero-order valence-corrected chi connectivity index (χ0v) is 10.2. The van der Waals surface area contributed by atoms with Crippen molar-refractivity contribution in [2.45, 2.75) is 6.54 Å². The Labute approximate surface area is 108 Å². The van der Waals surface area contributed by atoms with E-state index in [4.69, 9.17) is 4.74 Å². The normalized spacial score (nSPS) is 10.8. The average Bonchev–Trinajstić information content (AvgIpc) is 2.84. The third-order valence-electron chi connectivity index (χ3n) is 2.85. The van der Waals surface area contributed by atoms with Crippen molar-refractivity contribution < 1.29 is 9.13 Å². The number of ether oxygens (including phenoxy) is 1. The van der Waals surface area contributed by atoms with Gasteiger partial charge in [-0.3, -0.25) is 0 Å². The summed E-state index contributed by atoms with van der Waals surface area (Å²) in [6.45, 7) is 0.352. The second kappa shape index (κ2) is 4.64. The molecule has 3 rings (SSSR count). The van der Waals surface area contributed by atoms with E-state index in [2.05, 4.69) is 15.0 Å². The molecule has 0 spiro atoms. The first-order chi connectivity index (χ1) is 9.28. The Morgan fingerprint density at radius 1 is 1.21 bits per heavy atom. The Morgan fingerprint density at radius 3 is 2.84 bits per heavy atom. The Hall–Kier alpha value is -2.50. The van der Waals surface area contributed by atoms with Crippen LogP contribution in [0.3, 0.4) is 0 Å². The summed E-state index contributed by atoms with van der Waals surface area (Å²) in [5.41, 5.74) is 1.74. The van der Waals surface area contributed by atoms with Crippen LogP contribution in [0.4, 0.5) is 4.39 Å². The highest BCUT2D eigenvalue weighted by Crippen LogP contribution is 2.18. The van der Waals surface area contributed by atoms with Crippen LogP contribution in [-0.2, 0) is 6.54 Å². The lowest BCUT2D eigenvalue weighted by Crippen LogP contribution is -2.02. The van der Waals surface area contributed by atoms with Crippen LogP contribution in [-0.4, -0.2) is 26.6 Å². The van der Waals surface area contributed by atoms with Crippen molar-refractivity contribution in [3.05, 3.63) is 48.3 Å². The van der Waals surface area contributed by atoms with E-state index in [9.17, 15) is 4.39 Å². The van der Waals surface area contributed by atoms with E-state index in [1.807, 2.05) is 0 Å². The summed E-state index contributed by atoms with van der Waals surface area (Å²) in [4.78, 5) is 12.4. The van der Waals surface area contributed by atoms with Crippen molar-refractivity contribution in [1.29, 1.82) is 0 Å². The lowest BCUT2D eigenvalue weighted by molar-refractivity contribution is 0.410. The van der Waals surface area contributed by atoms with Crippen LogP contribution < -0.4 is 4.74 Å². The highest BCUT2D eigenvalue weighted by Gasteiger charge is 2.08. The average molecular weight is 258 g/mol. The predicted molar refractivity (Wildman–Crippen MR) is 67.4 cm³/mol. The van der Waals surface area contributed by atoms with E-state index in [-0.39, 0.29) is 5.82 Å². The number of halogens is 1. The molecule has 96 valence electrons. The maximum Gasteiger partial charge on any atom is 0.197 e. The SMILES string of the molecule is COc1ccc(Cn2cnc3nccnc32)c(F)c1. The molecule has 1 aromatic carbocycles. The number of hydrogen-bond donors (Lipinski definition) is 0. The van der Waals surface area contributed by atoms with Crippen molar-refractivity contribution >= 4 is 11.3 Å². The fourth-order valence-electron chi connectivity index (χ4n) is 1.88. The maximum atomic E-state index is 13.9. The molecule has 0 fully saturated rings. The van der Waals surface area contributed by atoms with E-state index in [0.717, 1.165) is 0 Å². The molecule has 6 heteroatoms. The van der Waals surface area contributed by atoms with E-state index in [1.54, 1.807) is 35.4 Å². The molecule has 2 aromatic heterocycles. The number of methoxy groups -OCH3 is 1. The van der Waals surface area contributed by atoms with Crippen LogP contribution in [0.2, 0.25) is 0 Å². The number of benzene rings is 1. The van der Waals surface area contributed by atoms with Crippen molar-refractivity contribution in [1.82, 2.24) is 19.5 Å². The molecule has 0 aliphatic heterocycles. The lowest BCUT2D eigenvalue weighted by atomic mass is 10.2. The van der Waals surface area contributed by atoms with Gasteiger partial charge in [0.25, 0.3) is 0 Å². The zero-order chi connectivity index (χ0) is 13.2. The predicted octanol–water partition coefficient (Wildman–Crippen LogP) is 2.02. The first-order valence-corrected chi connectivity index (χ1v) is 5.72. The molecular weight excluding hydrogens is 247 g/mol. The fraction of sp³-hybridized carbons (Fsp3) is 0.154. The minimum atomic E-state index is -0.315. The van der Waals surface area contributed by atoms with E-state index >= 15 is 0 Å². The van der Waals surface area contributed by atoms with Crippen LogP contribution in [0, 0.1) is 5.82 Å². The van der Waals surface area contributed by atoms with Gasteiger partial charge in [-0.2, -0.15) is 0 Å². The largest absolute Gasteiger partial charge is 0.497 e. The molecule has 19 heavy (non-hydrogen) atoms. The molecule has 5 nitrogen and oxygen atoms in total. The van der Waals surface area contributed by atoms with Crippen molar-refractivity contribution in [2.75, 3.05) is 7.11 Å². The minimum absolute atomic E-state index is 0.315. The molecule has 2 heterocycles. The third kappa shape index (κ3) is 2.12. The Bertz CT molecular complexity index is 725. The van der Waals surface area contributed by atoms with Crippen LogP contribution in [0.15, 0.2) is 36.9 Å². The van der Waals surface area contributed by atoms with Gasteiger partial charge in [0.05, 0.1) is 20.0 Å². The number of nitrogens with zero attached hydrogens (tertiary/aromatic N) is 4. The third-order valence-corrected chi connectivity index (χ3v) is 2.85. The minimum Gasteiger partial charge on any atom is -0.497 e. The number of rotatable bonds is 3. The summed E-state index contributed by atoms with van der Waals surface area (Å²) in [6, 6.07) is 4.78. The molecule has 0 saturated heterocycles. The fourth-order valence-corrected chi connectivity index (χ4v) is 1.88. The Balaban J connectivity index is 1.97. The highest BCUT2D eigenvalue weighted by atomic mass is 19.1. The van der Waals surface area contributed by atoms with Crippen molar-refractivity contribution in [2.24, 2.45) is 0 Å². The van der Waals surface area contributed by atoms with Crippen molar-refractivity contribution in [3.8, 4) is 5.75 Å². The summed E-state index contributed by atoms with van der Waals surface area (Å²) in [6.07, 6.45) is 4.77. The molecule has 0 aliphatic carbocycles.